The number of carbonyl (C=O) groups is 1. The van der Waals surface area contributed by atoms with Gasteiger partial charge in [-0.05, 0) is 35.7 Å². The highest BCUT2D eigenvalue weighted by Crippen LogP contribution is 2.21. The Labute approximate surface area is 166 Å². The topological polar surface area (TPSA) is 85.7 Å². The maximum atomic E-state index is 11.5. The van der Waals surface area contributed by atoms with E-state index < -0.39 is 5.96 Å². The fourth-order valence-corrected chi connectivity index (χ4v) is 3.37. The molecular weight excluding hydrogens is 350 g/mol. The SMILES string of the molecule is CN1CCN(Cc2ccc(-c3ccc(CCC(=O)N=C([NH])N)cc3)cc2)CC1. The molecule has 2 aromatic carbocycles. The third-order valence-corrected chi connectivity index (χ3v) is 5.12. The van der Waals surface area contributed by atoms with Gasteiger partial charge in [-0.2, -0.15) is 4.99 Å². The molecule has 2 aromatic rings. The molecule has 0 bridgehead atoms. The number of rotatable bonds is 6. The average molecular weight is 379 g/mol. The maximum absolute atomic E-state index is 11.5. The zero-order valence-electron chi connectivity index (χ0n) is 16.4. The van der Waals surface area contributed by atoms with E-state index in [1.807, 2.05) is 12.1 Å². The number of hydrogen-bond donors (Lipinski definition) is 1. The first-order chi connectivity index (χ1) is 13.5. The highest BCUT2D eigenvalue weighted by atomic mass is 16.1. The lowest BCUT2D eigenvalue weighted by Crippen LogP contribution is -2.43. The minimum atomic E-state index is -0.434. The summed E-state index contributed by atoms with van der Waals surface area (Å²) in [6.07, 6.45) is 0.861. The van der Waals surface area contributed by atoms with Gasteiger partial charge in [0, 0.05) is 39.1 Å². The molecule has 1 aliphatic heterocycles. The van der Waals surface area contributed by atoms with Gasteiger partial charge in [-0.1, -0.05) is 48.5 Å². The van der Waals surface area contributed by atoms with E-state index in [0.717, 1.165) is 43.9 Å². The molecule has 0 unspecified atom stereocenters. The quantitative estimate of drug-likeness (QED) is 0.616. The Hall–Kier alpha value is -2.70. The third-order valence-electron chi connectivity index (χ3n) is 5.12. The Bertz CT molecular complexity index is 802. The molecule has 1 radical (unpaired) electrons. The molecule has 1 amide bonds. The number of carbonyl (C=O) groups excluding carboxylic acids is 1. The van der Waals surface area contributed by atoms with Crippen LogP contribution in [0.25, 0.3) is 11.1 Å². The second-order valence-electron chi connectivity index (χ2n) is 7.36. The Morgan fingerprint density at radius 1 is 0.964 bits per heavy atom. The molecule has 1 heterocycles. The smallest absolute Gasteiger partial charge is 0.249 e. The van der Waals surface area contributed by atoms with Gasteiger partial charge in [0.05, 0.1) is 0 Å². The van der Waals surface area contributed by atoms with Crippen LogP contribution in [0.3, 0.4) is 0 Å². The molecule has 28 heavy (non-hydrogen) atoms. The lowest BCUT2D eigenvalue weighted by atomic mass is 10.0. The highest BCUT2D eigenvalue weighted by Gasteiger charge is 2.13. The van der Waals surface area contributed by atoms with Crippen molar-refractivity contribution in [3.05, 3.63) is 59.7 Å². The van der Waals surface area contributed by atoms with Crippen LogP contribution >= 0.6 is 0 Å². The number of amides is 1. The van der Waals surface area contributed by atoms with Gasteiger partial charge in [-0.15, -0.1) is 0 Å². The van der Waals surface area contributed by atoms with Gasteiger partial charge in [-0.3, -0.25) is 15.4 Å². The average Bonchev–Trinajstić information content (AvgIpc) is 2.69. The predicted octanol–water partition coefficient (Wildman–Crippen LogP) is 2.16. The largest absolute Gasteiger partial charge is 0.368 e. The summed E-state index contributed by atoms with van der Waals surface area (Å²) in [5.74, 6) is -0.788. The molecule has 6 nitrogen and oxygen atoms in total. The molecule has 0 aromatic heterocycles. The van der Waals surface area contributed by atoms with Crippen molar-refractivity contribution >= 4 is 11.9 Å². The Morgan fingerprint density at radius 2 is 1.50 bits per heavy atom. The van der Waals surface area contributed by atoms with E-state index in [4.69, 9.17) is 11.5 Å². The molecule has 1 saturated heterocycles. The van der Waals surface area contributed by atoms with Crippen LogP contribution in [0.15, 0.2) is 53.5 Å². The molecular formula is C22H28N5O. The number of aryl methyl sites for hydroxylation is 1. The molecule has 0 saturated carbocycles. The van der Waals surface area contributed by atoms with Crippen molar-refractivity contribution in [2.24, 2.45) is 10.7 Å². The summed E-state index contributed by atoms with van der Waals surface area (Å²) in [4.78, 5) is 19.8. The van der Waals surface area contributed by atoms with Gasteiger partial charge >= 0.3 is 0 Å². The molecule has 0 aliphatic carbocycles. The zero-order chi connectivity index (χ0) is 19.9. The molecule has 1 fully saturated rings. The van der Waals surface area contributed by atoms with E-state index in [1.54, 1.807) is 0 Å². The molecule has 6 heteroatoms. The van der Waals surface area contributed by atoms with Crippen molar-refractivity contribution in [2.45, 2.75) is 19.4 Å². The Kier molecular flexibility index (Phi) is 6.79. The van der Waals surface area contributed by atoms with Crippen molar-refractivity contribution in [1.82, 2.24) is 15.5 Å². The predicted molar refractivity (Wildman–Crippen MR) is 113 cm³/mol. The number of nitrogens with one attached hydrogen (secondary N) is 1. The van der Waals surface area contributed by atoms with E-state index in [0.29, 0.717) is 6.42 Å². The van der Waals surface area contributed by atoms with Gasteiger partial charge in [-0.25, -0.2) is 0 Å². The van der Waals surface area contributed by atoms with Crippen molar-refractivity contribution in [3.63, 3.8) is 0 Å². The fraction of sp³-hybridized carbons (Fsp3) is 0.364. The minimum Gasteiger partial charge on any atom is -0.368 e. The van der Waals surface area contributed by atoms with E-state index in [1.165, 1.54) is 11.1 Å². The first-order valence-corrected chi connectivity index (χ1v) is 9.67. The number of hydrogen-bond acceptors (Lipinski definition) is 3. The van der Waals surface area contributed by atoms with E-state index in [9.17, 15) is 4.79 Å². The second kappa shape index (κ2) is 9.48. The van der Waals surface area contributed by atoms with Crippen LogP contribution < -0.4 is 11.5 Å². The number of nitrogens with zero attached hydrogens (tertiary/aromatic N) is 3. The first-order valence-electron chi connectivity index (χ1n) is 9.67. The number of likely N-dealkylation sites (N-methyl/N-ethyl adjacent to an activating group) is 1. The van der Waals surface area contributed by atoms with Crippen molar-refractivity contribution in [1.29, 1.82) is 0 Å². The van der Waals surface area contributed by atoms with Crippen molar-refractivity contribution in [3.8, 4) is 11.1 Å². The van der Waals surface area contributed by atoms with Crippen LogP contribution in [0.2, 0.25) is 0 Å². The third kappa shape index (κ3) is 5.90. The Balaban J connectivity index is 1.55. The summed E-state index contributed by atoms with van der Waals surface area (Å²) in [6.45, 7) is 5.54. The monoisotopic (exact) mass is 378 g/mol. The summed E-state index contributed by atoms with van der Waals surface area (Å²) >= 11 is 0. The normalized spacial score (nSPS) is 16.2. The van der Waals surface area contributed by atoms with E-state index >= 15 is 0 Å². The van der Waals surface area contributed by atoms with Crippen LogP contribution in [0.5, 0.6) is 0 Å². The summed E-state index contributed by atoms with van der Waals surface area (Å²) in [5, 5.41) is 0. The van der Waals surface area contributed by atoms with E-state index in [2.05, 4.69) is 58.2 Å². The van der Waals surface area contributed by atoms with Crippen LogP contribution in [0, 0.1) is 0 Å². The maximum Gasteiger partial charge on any atom is 0.249 e. The standard InChI is InChI=1S/C22H28N5O/c1-26-12-14-27(15-13-26)16-18-4-9-20(10-5-18)19-7-2-17(3-8-19)6-11-21(28)25-22(23)24/h2-5,7-10,23H,6,11-16H2,1H3,(H2,24,25,28). The van der Waals surface area contributed by atoms with Crippen LogP contribution in [0.1, 0.15) is 17.5 Å². The number of nitrogens with two attached hydrogens (primary N) is 1. The van der Waals surface area contributed by atoms with Gasteiger partial charge < -0.3 is 10.6 Å². The van der Waals surface area contributed by atoms with Crippen LogP contribution in [-0.4, -0.2) is 54.9 Å². The van der Waals surface area contributed by atoms with Crippen molar-refractivity contribution in [2.75, 3.05) is 33.2 Å². The molecule has 0 spiro atoms. The number of benzene rings is 2. The second-order valence-corrected chi connectivity index (χ2v) is 7.36. The summed E-state index contributed by atoms with van der Waals surface area (Å²) in [7, 11) is 2.18. The molecule has 0 atom stereocenters. The molecule has 1 aliphatic rings. The molecule has 147 valence electrons. The number of piperazine rings is 1. The highest BCUT2D eigenvalue weighted by molar-refractivity contribution is 5.91. The van der Waals surface area contributed by atoms with Gasteiger partial charge in [0.25, 0.3) is 0 Å². The van der Waals surface area contributed by atoms with Crippen molar-refractivity contribution < 1.29 is 4.79 Å². The van der Waals surface area contributed by atoms with Crippen LogP contribution in [-0.2, 0) is 17.8 Å². The summed E-state index contributed by atoms with van der Waals surface area (Å²) < 4.78 is 0. The number of aliphatic imine (C=N–C) groups is 1. The lowest BCUT2D eigenvalue weighted by Gasteiger charge is -2.32. The fourth-order valence-electron chi connectivity index (χ4n) is 3.37. The summed E-state index contributed by atoms with van der Waals surface area (Å²) in [6, 6.07) is 17.0. The van der Waals surface area contributed by atoms with E-state index in [-0.39, 0.29) is 12.3 Å². The van der Waals surface area contributed by atoms with Crippen LogP contribution in [0.4, 0.5) is 0 Å². The minimum absolute atomic E-state index is 0.264. The van der Waals surface area contributed by atoms with Gasteiger partial charge in [0.1, 0.15) is 0 Å². The van der Waals surface area contributed by atoms with Gasteiger partial charge in [0.15, 0.2) is 0 Å². The lowest BCUT2D eigenvalue weighted by molar-refractivity contribution is -0.117. The zero-order valence-corrected chi connectivity index (χ0v) is 16.4. The van der Waals surface area contributed by atoms with Gasteiger partial charge in [0.2, 0.25) is 11.9 Å². The summed E-state index contributed by atoms with van der Waals surface area (Å²) in [5.41, 5.74) is 16.9. The number of guanidine groups is 1. The first kappa shape index (κ1) is 20.0. The Morgan fingerprint density at radius 3 is 2.04 bits per heavy atom. The molecule has 3 N–H and O–H groups in total. The molecule has 3 rings (SSSR count).